The monoisotopic (exact) mass is 355 g/mol. The average Bonchev–Trinajstić information content (AvgIpc) is 3.05. The third kappa shape index (κ3) is 4.37. The Balaban J connectivity index is 1.49. The Morgan fingerprint density at radius 1 is 1.20 bits per heavy atom. The van der Waals surface area contributed by atoms with Gasteiger partial charge in [0.15, 0.2) is 17.1 Å². The number of para-hydroxylation sites is 1. The van der Waals surface area contributed by atoms with E-state index in [9.17, 15) is 4.79 Å². The summed E-state index contributed by atoms with van der Waals surface area (Å²) in [7, 11) is 1.59. The van der Waals surface area contributed by atoms with E-state index in [1.54, 1.807) is 24.9 Å². The Morgan fingerprint density at radius 3 is 2.84 bits per heavy atom. The largest absolute Gasteiger partial charge is 0.493 e. The van der Waals surface area contributed by atoms with Gasteiger partial charge in [0.1, 0.15) is 0 Å². The van der Waals surface area contributed by atoms with Crippen LogP contribution in [0.25, 0.3) is 11.0 Å². The Bertz CT molecular complexity index is 872. The van der Waals surface area contributed by atoms with Gasteiger partial charge in [0.05, 0.1) is 7.11 Å². The number of fused-ring (bicyclic) bond motifs is 1. The van der Waals surface area contributed by atoms with Gasteiger partial charge in [-0.05, 0) is 24.6 Å². The van der Waals surface area contributed by atoms with Crippen molar-refractivity contribution in [1.82, 2.24) is 5.32 Å². The summed E-state index contributed by atoms with van der Waals surface area (Å²) in [4.78, 5) is 12.2. The van der Waals surface area contributed by atoms with Crippen LogP contribution >= 0.6 is 11.8 Å². The highest BCUT2D eigenvalue weighted by Crippen LogP contribution is 2.28. The van der Waals surface area contributed by atoms with Crippen LogP contribution in [0.4, 0.5) is 0 Å². The second-order valence-corrected chi connectivity index (χ2v) is 6.89. The Morgan fingerprint density at radius 2 is 2.04 bits per heavy atom. The van der Waals surface area contributed by atoms with Gasteiger partial charge >= 0.3 is 0 Å². The van der Waals surface area contributed by atoms with Crippen molar-refractivity contribution in [2.45, 2.75) is 12.7 Å². The molecule has 0 saturated carbocycles. The third-order valence-electron chi connectivity index (χ3n) is 3.83. The molecule has 2 aromatic carbocycles. The summed E-state index contributed by atoms with van der Waals surface area (Å²) in [6.45, 7) is 2.69. The van der Waals surface area contributed by atoms with Crippen molar-refractivity contribution >= 4 is 28.6 Å². The van der Waals surface area contributed by atoms with Gasteiger partial charge in [-0.3, -0.25) is 4.79 Å². The predicted molar refractivity (Wildman–Crippen MR) is 102 cm³/mol. The van der Waals surface area contributed by atoms with Crippen molar-refractivity contribution < 1.29 is 13.9 Å². The topological polar surface area (TPSA) is 51.5 Å². The number of methoxy groups -OCH3 is 1. The lowest BCUT2D eigenvalue weighted by Crippen LogP contribution is -2.25. The number of hydrogen-bond donors (Lipinski definition) is 1. The summed E-state index contributed by atoms with van der Waals surface area (Å²) >= 11 is 1.80. The van der Waals surface area contributed by atoms with E-state index in [1.807, 2.05) is 18.2 Å². The van der Waals surface area contributed by atoms with Gasteiger partial charge in [-0.25, -0.2) is 0 Å². The molecule has 0 spiro atoms. The van der Waals surface area contributed by atoms with Crippen molar-refractivity contribution in [3.05, 3.63) is 65.4 Å². The Hall–Kier alpha value is -2.40. The number of carbonyl (C=O) groups excluding carboxylic acids is 1. The van der Waals surface area contributed by atoms with Crippen molar-refractivity contribution in [2.24, 2.45) is 0 Å². The van der Waals surface area contributed by atoms with Gasteiger partial charge in [0.2, 0.25) is 0 Å². The van der Waals surface area contributed by atoms with E-state index < -0.39 is 0 Å². The van der Waals surface area contributed by atoms with Gasteiger partial charge in [-0.15, -0.1) is 0 Å². The number of carbonyl (C=O) groups is 1. The van der Waals surface area contributed by atoms with Gasteiger partial charge in [-0.1, -0.05) is 42.0 Å². The average molecular weight is 355 g/mol. The lowest BCUT2D eigenvalue weighted by Gasteiger charge is -2.04. The zero-order chi connectivity index (χ0) is 17.6. The highest BCUT2D eigenvalue weighted by Gasteiger charge is 2.14. The van der Waals surface area contributed by atoms with Crippen molar-refractivity contribution in [3.8, 4) is 5.75 Å². The minimum atomic E-state index is -0.200. The maximum Gasteiger partial charge on any atom is 0.287 e. The molecule has 0 unspecified atom stereocenters. The van der Waals surface area contributed by atoms with Gasteiger partial charge in [0.25, 0.3) is 5.91 Å². The molecule has 4 nitrogen and oxygen atoms in total. The smallest absolute Gasteiger partial charge is 0.287 e. The molecule has 3 rings (SSSR count). The summed E-state index contributed by atoms with van der Waals surface area (Å²) in [6, 6.07) is 15.8. The molecule has 0 bridgehead atoms. The molecule has 0 saturated heterocycles. The lowest BCUT2D eigenvalue weighted by atomic mass is 10.2. The number of nitrogens with one attached hydrogen (secondary N) is 1. The third-order valence-corrected chi connectivity index (χ3v) is 4.87. The fraction of sp³-hybridized carbons (Fsp3) is 0.250. The van der Waals surface area contributed by atoms with E-state index in [0.717, 1.165) is 16.9 Å². The van der Waals surface area contributed by atoms with Crippen molar-refractivity contribution in [2.75, 3.05) is 19.4 Å². The van der Waals surface area contributed by atoms with Gasteiger partial charge < -0.3 is 14.5 Å². The standard InChI is InChI=1S/C20H21NO3S/c1-14-5-3-6-15(11-14)13-25-10-9-21-20(22)18-12-16-7-4-8-17(23-2)19(16)24-18/h3-8,11-12H,9-10,13H2,1-2H3,(H,21,22). The van der Waals surface area contributed by atoms with Crippen LogP contribution in [0.1, 0.15) is 21.7 Å². The van der Waals surface area contributed by atoms with E-state index in [0.29, 0.717) is 23.6 Å². The normalized spacial score (nSPS) is 10.8. The molecule has 130 valence electrons. The Kier molecular flexibility index (Phi) is 5.66. The van der Waals surface area contributed by atoms with Crippen LogP contribution in [0, 0.1) is 6.92 Å². The first-order chi connectivity index (χ1) is 12.2. The zero-order valence-corrected chi connectivity index (χ0v) is 15.2. The van der Waals surface area contributed by atoms with E-state index in [2.05, 4.69) is 36.5 Å². The highest BCUT2D eigenvalue weighted by molar-refractivity contribution is 7.98. The number of benzene rings is 2. The summed E-state index contributed by atoms with van der Waals surface area (Å²) in [5.41, 5.74) is 3.18. The fourth-order valence-corrected chi connectivity index (χ4v) is 3.43. The van der Waals surface area contributed by atoms with E-state index in [4.69, 9.17) is 9.15 Å². The molecule has 25 heavy (non-hydrogen) atoms. The zero-order valence-electron chi connectivity index (χ0n) is 14.4. The number of aryl methyl sites for hydroxylation is 1. The second-order valence-electron chi connectivity index (χ2n) is 5.79. The number of amides is 1. The molecule has 0 aliphatic heterocycles. The summed E-state index contributed by atoms with van der Waals surface area (Å²) in [5.74, 6) is 2.53. The van der Waals surface area contributed by atoms with E-state index in [1.165, 1.54) is 11.1 Å². The molecule has 3 aromatic rings. The van der Waals surface area contributed by atoms with Crippen LogP contribution in [-0.2, 0) is 5.75 Å². The van der Waals surface area contributed by atoms with E-state index >= 15 is 0 Å². The highest BCUT2D eigenvalue weighted by atomic mass is 32.2. The first-order valence-corrected chi connectivity index (χ1v) is 9.31. The minimum absolute atomic E-state index is 0.200. The summed E-state index contributed by atoms with van der Waals surface area (Å²) < 4.78 is 10.9. The first kappa shape index (κ1) is 17.4. The molecule has 0 aliphatic carbocycles. The molecule has 0 fully saturated rings. The van der Waals surface area contributed by atoms with Crippen LogP contribution in [0.5, 0.6) is 5.75 Å². The molecule has 0 atom stereocenters. The number of rotatable bonds is 7. The summed E-state index contributed by atoms with van der Waals surface area (Å²) in [5, 5.41) is 3.76. The van der Waals surface area contributed by atoms with Crippen LogP contribution < -0.4 is 10.1 Å². The molecule has 1 amide bonds. The molecule has 1 aromatic heterocycles. The number of ether oxygens (including phenoxy) is 1. The maximum atomic E-state index is 12.2. The van der Waals surface area contributed by atoms with Crippen LogP contribution in [0.15, 0.2) is 52.9 Å². The second kappa shape index (κ2) is 8.12. The minimum Gasteiger partial charge on any atom is -0.493 e. The predicted octanol–water partition coefficient (Wildman–Crippen LogP) is 4.41. The molecule has 5 heteroatoms. The van der Waals surface area contributed by atoms with Crippen LogP contribution in [0.2, 0.25) is 0 Å². The van der Waals surface area contributed by atoms with Crippen molar-refractivity contribution in [3.63, 3.8) is 0 Å². The van der Waals surface area contributed by atoms with Crippen LogP contribution in [-0.4, -0.2) is 25.3 Å². The molecule has 1 heterocycles. The quantitative estimate of drug-likeness (QED) is 0.638. The maximum absolute atomic E-state index is 12.2. The number of thioether (sulfide) groups is 1. The van der Waals surface area contributed by atoms with Crippen LogP contribution in [0.3, 0.4) is 0 Å². The van der Waals surface area contributed by atoms with Gasteiger partial charge in [0, 0.05) is 23.4 Å². The number of hydrogen-bond acceptors (Lipinski definition) is 4. The fourth-order valence-electron chi connectivity index (χ4n) is 2.62. The summed E-state index contributed by atoms with van der Waals surface area (Å²) in [6.07, 6.45) is 0. The van der Waals surface area contributed by atoms with Gasteiger partial charge in [-0.2, -0.15) is 11.8 Å². The molecule has 0 radical (unpaired) electrons. The molecule has 1 N–H and O–H groups in total. The molecular formula is C20H21NO3S. The Labute approximate surface area is 151 Å². The van der Waals surface area contributed by atoms with E-state index in [-0.39, 0.29) is 5.91 Å². The SMILES string of the molecule is COc1cccc2cc(C(=O)NCCSCc3cccc(C)c3)oc12. The molecular weight excluding hydrogens is 334 g/mol. The first-order valence-electron chi connectivity index (χ1n) is 8.15. The number of furan rings is 1. The lowest BCUT2D eigenvalue weighted by molar-refractivity contribution is 0.0930. The molecule has 0 aliphatic rings. The van der Waals surface area contributed by atoms with Crippen molar-refractivity contribution in [1.29, 1.82) is 0 Å².